The van der Waals surface area contributed by atoms with E-state index >= 15 is 0 Å². The third-order valence-electron chi connectivity index (χ3n) is 3.34. The first-order valence-electron chi connectivity index (χ1n) is 6.47. The van der Waals surface area contributed by atoms with E-state index < -0.39 is 11.7 Å². The Morgan fingerprint density at radius 1 is 1.24 bits per heavy atom. The summed E-state index contributed by atoms with van der Waals surface area (Å²) in [5.41, 5.74) is 3.20. The van der Waals surface area contributed by atoms with Crippen molar-refractivity contribution in [2.45, 2.75) is 13.5 Å². The fourth-order valence-electron chi connectivity index (χ4n) is 2.31. The second-order valence-corrected chi connectivity index (χ2v) is 4.93. The lowest BCUT2D eigenvalue weighted by atomic mass is 10.1. The van der Waals surface area contributed by atoms with E-state index in [9.17, 15) is 9.59 Å². The maximum Gasteiger partial charge on any atom is 0.420 e. The number of nitrogens with zero attached hydrogens (tertiary/aromatic N) is 1. The van der Waals surface area contributed by atoms with Gasteiger partial charge in [0.05, 0.1) is 17.6 Å². The van der Waals surface area contributed by atoms with E-state index in [1.807, 2.05) is 19.1 Å². The van der Waals surface area contributed by atoms with Crippen molar-refractivity contribution < 1.29 is 14.3 Å². The van der Waals surface area contributed by atoms with E-state index in [1.165, 1.54) is 10.6 Å². The van der Waals surface area contributed by atoms with Crippen LogP contribution in [-0.2, 0) is 6.54 Å². The molecule has 1 heterocycles. The van der Waals surface area contributed by atoms with Gasteiger partial charge in [-0.3, -0.25) is 4.57 Å². The summed E-state index contributed by atoms with van der Waals surface area (Å²) in [6.07, 6.45) is 0. The standard InChI is InChI=1S/C16H13NO4/c1-10-5-6-14-13(7-10)17(16(20)21-14)9-11-3-2-4-12(8-11)15(18)19/h2-8H,9H2,1H3,(H,18,19). The van der Waals surface area contributed by atoms with Crippen LogP contribution in [-0.4, -0.2) is 15.6 Å². The molecule has 0 unspecified atom stereocenters. The summed E-state index contributed by atoms with van der Waals surface area (Å²) in [6.45, 7) is 2.21. The van der Waals surface area contributed by atoms with Crippen molar-refractivity contribution >= 4 is 17.1 Å². The number of fused-ring (bicyclic) bond motifs is 1. The quantitative estimate of drug-likeness (QED) is 0.802. The topological polar surface area (TPSA) is 72.4 Å². The number of benzene rings is 2. The number of oxazole rings is 1. The number of carboxylic acid groups (broad SMARTS) is 1. The predicted molar refractivity (Wildman–Crippen MR) is 77.7 cm³/mol. The number of carboxylic acids is 1. The van der Waals surface area contributed by atoms with Gasteiger partial charge in [-0.2, -0.15) is 0 Å². The number of aryl methyl sites for hydroxylation is 1. The Hall–Kier alpha value is -2.82. The first kappa shape index (κ1) is 13.2. The van der Waals surface area contributed by atoms with Gasteiger partial charge in [0.1, 0.15) is 0 Å². The first-order valence-corrected chi connectivity index (χ1v) is 6.47. The second-order valence-electron chi connectivity index (χ2n) is 4.93. The monoisotopic (exact) mass is 283 g/mol. The van der Waals surface area contributed by atoms with Crippen LogP contribution < -0.4 is 5.76 Å². The number of hydrogen-bond donors (Lipinski definition) is 1. The normalized spacial score (nSPS) is 10.9. The van der Waals surface area contributed by atoms with Crippen molar-refractivity contribution in [1.82, 2.24) is 4.57 Å². The minimum absolute atomic E-state index is 0.199. The Morgan fingerprint density at radius 3 is 2.81 bits per heavy atom. The Morgan fingerprint density at radius 2 is 2.05 bits per heavy atom. The Balaban J connectivity index is 2.07. The van der Waals surface area contributed by atoms with Gasteiger partial charge in [0.15, 0.2) is 5.58 Å². The van der Waals surface area contributed by atoms with Crippen LogP contribution in [0.3, 0.4) is 0 Å². The number of rotatable bonds is 3. The van der Waals surface area contributed by atoms with Crippen LogP contribution in [0.2, 0.25) is 0 Å². The molecule has 2 aromatic carbocycles. The van der Waals surface area contributed by atoms with Crippen molar-refractivity contribution in [1.29, 1.82) is 0 Å². The number of hydrogen-bond acceptors (Lipinski definition) is 3. The number of aromatic nitrogens is 1. The third kappa shape index (κ3) is 2.45. The molecule has 0 radical (unpaired) electrons. The summed E-state index contributed by atoms with van der Waals surface area (Å²) in [7, 11) is 0. The zero-order chi connectivity index (χ0) is 15.0. The molecule has 1 N–H and O–H groups in total. The molecule has 0 bridgehead atoms. The molecule has 3 aromatic rings. The minimum atomic E-state index is -0.989. The summed E-state index contributed by atoms with van der Waals surface area (Å²) in [5, 5.41) is 9.01. The van der Waals surface area contributed by atoms with E-state index in [0.29, 0.717) is 11.1 Å². The molecule has 0 fully saturated rings. The average Bonchev–Trinajstić information content (AvgIpc) is 2.75. The van der Waals surface area contributed by atoms with Gasteiger partial charge >= 0.3 is 11.7 Å². The molecule has 1 aromatic heterocycles. The van der Waals surface area contributed by atoms with Crippen LogP contribution in [0.4, 0.5) is 0 Å². The molecule has 106 valence electrons. The molecule has 0 atom stereocenters. The Bertz CT molecular complexity index is 889. The molecule has 0 spiro atoms. The third-order valence-corrected chi connectivity index (χ3v) is 3.34. The molecule has 0 aliphatic rings. The molecule has 0 aliphatic heterocycles. The highest BCUT2D eigenvalue weighted by atomic mass is 16.4. The van der Waals surface area contributed by atoms with Crippen LogP contribution in [0.25, 0.3) is 11.1 Å². The van der Waals surface area contributed by atoms with Gasteiger partial charge in [0.2, 0.25) is 0 Å². The van der Waals surface area contributed by atoms with E-state index in [4.69, 9.17) is 9.52 Å². The number of aromatic carboxylic acids is 1. The molecule has 0 saturated heterocycles. The van der Waals surface area contributed by atoms with Crippen LogP contribution in [0.15, 0.2) is 51.7 Å². The fourth-order valence-corrected chi connectivity index (χ4v) is 2.31. The van der Waals surface area contributed by atoms with Gasteiger partial charge in [-0.05, 0) is 42.3 Å². The number of carbonyl (C=O) groups is 1. The van der Waals surface area contributed by atoms with Gasteiger partial charge in [0.25, 0.3) is 0 Å². The van der Waals surface area contributed by atoms with Gasteiger partial charge in [-0.25, -0.2) is 9.59 Å². The molecule has 0 saturated carbocycles. The predicted octanol–water partition coefficient (Wildman–Crippen LogP) is 2.65. The first-order chi connectivity index (χ1) is 10.0. The lowest BCUT2D eigenvalue weighted by molar-refractivity contribution is 0.0696. The highest BCUT2D eigenvalue weighted by molar-refractivity contribution is 5.87. The van der Waals surface area contributed by atoms with Gasteiger partial charge in [-0.1, -0.05) is 18.2 Å². The SMILES string of the molecule is Cc1ccc2oc(=O)n(Cc3cccc(C(=O)O)c3)c2c1. The van der Waals surface area contributed by atoms with Crippen LogP contribution in [0.5, 0.6) is 0 Å². The van der Waals surface area contributed by atoms with Crippen molar-refractivity contribution in [2.75, 3.05) is 0 Å². The second kappa shape index (κ2) is 4.94. The van der Waals surface area contributed by atoms with Gasteiger partial charge < -0.3 is 9.52 Å². The van der Waals surface area contributed by atoms with Gasteiger partial charge in [-0.15, -0.1) is 0 Å². The minimum Gasteiger partial charge on any atom is -0.478 e. The largest absolute Gasteiger partial charge is 0.478 e. The van der Waals surface area contributed by atoms with E-state index in [1.54, 1.807) is 24.3 Å². The molecule has 0 amide bonds. The zero-order valence-electron chi connectivity index (χ0n) is 11.4. The van der Waals surface area contributed by atoms with E-state index in [2.05, 4.69) is 0 Å². The highest BCUT2D eigenvalue weighted by Gasteiger charge is 2.11. The molecule has 0 aliphatic carbocycles. The summed E-state index contributed by atoms with van der Waals surface area (Å²) >= 11 is 0. The molecule has 3 rings (SSSR count). The molecule has 5 nitrogen and oxygen atoms in total. The molecular weight excluding hydrogens is 270 g/mol. The Labute approximate surface area is 120 Å². The fraction of sp³-hybridized carbons (Fsp3) is 0.125. The van der Waals surface area contributed by atoms with Crippen LogP contribution in [0.1, 0.15) is 21.5 Å². The lowest BCUT2D eigenvalue weighted by Crippen LogP contribution is -2.15. The van der Waals surface area contributed by atoms with Crippen molar-refractivity contribution in [2.24, 2.45) is 0 Å². The lowest BCUT2D eigenvalue weighted by Gasteiger charge is -2.04. The van der Waals surface area contributed by atoms with E-state index in [0.717, 1.165) is 11.1 Å². The molecule has 21 heavy (non-hydrogen) atoms. The molecule has 5 heteroatoms. The van der Waals surface area contributed by atoms with Crippen LogP contribution in [0, 0.1) is 6.92 Å². The highest BCUT2D eigenvalue weighted by Crippen LogP contribution is 2.16. The maximum atomic E-state index is 12.0. The van der Waals surface area contributed by atoms with Gasteiger partial charge in [0, 0.05) is 0 Å². The zero-order valence-corrected chi connectivity index (χ0v) is 11.4. The van der Waals surface area contributed by atoms with Crippen molar-refractivity contribution in [3.8, 4) is 0 Å². The summed E-state index contributed by atoms with van der Waals surface area (Å²) in [5.74, 6) is -1.44. The summed E-state index contributed by atoms with van der Waals surface area (Å²) < 4.78 is 6.70. The van der Waals surface area contributed by atoms with Crippen molar-refractivity contribution in [3.63, 3.8) is 0 Å². The Kier molecular flexibility index (Phi) is 3.10. The van der Waals surface area contributed by atoms with Crippen molar-refractivity contribution in [3.05, 3.63) is 69.7 Å². The smallest absolute Gasteiger partial charge is 0.420 e. The average molecular weight is 283 g/mol. The van der Waals surface area contributed by atoms with E-state index in [-0.39, 0.29) is 12.1 Å². The maximum absolute atomic E-state index is 12.0. The van der Waals surface area contributed by atoms with Crippen LogP contribution >= 0.6 is 0 Å². The summed E-state index contributed by atoms with van der Waals surface area (Å²) in [6, 6.07) is 12.0. The summed E-state index contributed by atoms with van der Waals surface area (Å²) in [4.78, 5) is 22.9. The molecular formula is C16H13NO4.